The monoisotopic (exact) mass is 347 g/mol. The van der Waals surface area contributed by atoms with E-state index in [0.29, 0.717) is 16.7 Å². The van der Waals surface area contributed by atoms with Crippen molar-refractivity contribution in [1.82, 2.24) is 15.2 Å². The number of aromatic nitrogens is 1. The minimum atomic E-state index is -0.176. The van der Waals surface area contributed by atoms with Crippen molar-refractivity contribution in [3.05, 3.63) is 64.4 Å². The van der Waals surface area contributed by atoms with Gasteiger partial charge in [-0.3, -0.25) is 4.79 Å². The minimum Gasteiger partial charge on any atom is -0.349 e. The van der Waals surface area contributed by atoms with Crippen LogP contribution in [0.15, 0.2) is 53.1 Å². The predicted molar refractivity (Wildman–Crippen MR) is 87.1 cm³/mol. The van der Waals surface area contributed by atoms with Gasteiger partial charge in [-0.15, -0.1) is 0 Å². The molecule has 0 saturated carbocycles. The summed E-state index contributed by atoms with van der Waals surface area (Å²) < 4.78 is 0.698. The normalized spacial score (nSPS) is 12.2. The number of nitrogens with one attached hydrogen (secondary N) is 1. The highest BCUT2D eigenvalue weighted by Gasteiger charge is 2.17. The van der Waals surface area contributed by atoms with Gasteiger partial charge in [-0.05, 0) is 47.7 Å². The number of hydrogen-bond acceptors (Lipinski definition) is 3. The lowest BCUT2D eigenvalue weighted by molar-refractivity contribution is 0.0936. The van der Waals surface area contributed by atoms with Gasteiger partial charge in [0, 0.05) is 17.2 Å². The molecule has 0 fully saturated rings. The Morgan fingerprint density at radius 3 is 2.57 bits per heavy atom. The molecule has 1 unspecified atom stereocenters. The van der Waals surface area contributed by atoms with Crippen LogP contribution >= 0.6 is 15.9 Å². The van der Waals surface area contributed by atoms with Crippen LogP contribution in [0.25, 0.3) is 0 Å². The average Bonchev–Trinajstić information content (AvgIpc) is 2.48. The summed E-state index contributed by atoms with van der Waals surface area (Å²) in [5.74, 6) is -0.176. The van der Waals surface area contributed by atoms with E-state index in [1.54, 1.807) is 12.3 Å². The van der Waals surface area contributed by atoms with Crippen molar-refractivity contribution in [2.75, 3.05) is 20.6 Å². The molecule has 5 heteroatoms. The Morgan fingerprint density at radius 1 is 1.24 bits per heavy atom. The van der Waals surface area contributed by atoms with Crippen molar-refractivity contribution in [3.63, 3.8) is 0 Å². The number of benzene rings is 1. The molecule has 2 aromatic rings. The maximum atomic E-state index is 12.2. The molecule has 0 aliphatic rings. The first-order chi connectivity index (χ1) is 10.1. The van der Waals surface area contributed by atoms with Gasteiger partial charge < -0.3 is 10.2 Å². The van der Waals surface area contributed by atoms with Gasteiger partial charge in [0.25, 0.3) is 5.91 Å². The van der Waals surface area contributed by atoms with Crippen LogP contribution in [0.3, 0.4) is 0 Å². The van der Waals surface area contributed by atoms with Crippen LogP contribution in [0, 0.1) is 0 Å². The van der Waals surface area contributed by atoms with Gasteiger partial charge in [-0.25, -0.2) is 4.98 Å². The first-order valence-electron chi connectivity index (χ1n) is 6.69. The molecule has 0 aliphatic carbocycles. The molecule has 21 heavy (non-hydrogen) atoms. The quantitative estimate of drug-likeness (QED) is 0.904. The lowest BCUT2D eigenvalue weighted by Gasteiger charge is -2.25. The fourth-order valence-corrected chi connectivity index (χ4v) is 2.53. The summed E-state index contributed by atoms with van der Waals surface area (Å²) in [6.07, 6.45) is 1.61. The van der Waals surface area contributed by atoms with Crippen LogP contribution in [0.4, 0.5) is 0 Å². The number of amides is 1. The Balaban J connectivity index is 2.06. The number of hydrogen-bond donors (Lipinski definition) is 1. The van der Waals surface area contributed by atoms with E-state index in [1.165, 1.54) is 5.56 Å². The summed E-state index contributed by atoms with van der Waals surface area (Å²) in [5, 5.41) is 2.95. The summed E-state index contributed by atoms with van der Waals surface area (Å²) in [4.78, 5) is 18.4. The summed E-state index contributed by atoms with van der Waals surface area (Å²) >= 11 is 3.34. The SMILES string of the molecule is CN(C)C(CNC(=O)c1ncccc1Br)c1ccccc1. The van der Waals surface area contributed by atoms with E-state index >= 15 is 0 Å². The van der Waals surface area contributed by atoms with Crippen LogP contribution in [0.5, 0.6) is 0 Å². The molecule has 0 radical (unpaired) electrons. The number of carbonyl (C=O) groups is 1. The summed E-state index contributed by atoms with van der Waals surface area (Å²) in [6, 6.07) is 13.8. The lowest BCUT2D eigenvalue weighted by atomic mass is 10.1. The van der Waals surface area contributed by atoms with Gasteiger partial charge >= 0.3 is 0 Å². The maximum Gasteiger partial charge on any atom is 0.271 e. The smallest absolute Gasteiger partial charge is 0.271 e. The van der Waals surface area contributed by atoms with Gasteiger partial charge in [0.1, 0.15) is 5.69 Å². The largest absolute Gasteiger partial charge is 0.349 e. The van der Waals surface area contributed by atoms with E-state index in [9.17, 15) is 4.79 Å². The average molecular weight is 348 g/mol. The molecule has 0 aliphatic heterocycles. The molecule has 1 aromatic heterocycles. The van der Waals surface area contributed by atoms with Gasteiger partial charge in [-0.2, -0.15) is 0 Å². The lowest BCUT2D eigenvalue weighted by Crippen LogP contribution is -2.35. The molecule has 4 nitrogen and oxygen atoms in total. The molecule has 1 aromatic carbocycles. The van der Waals surface area contributed by atoms with Crippen LogP contribution < -0.4 is 5.32 Å². The van der Waals surface area contributed by atoms with Crippen LogP contribution in [-0.2, 0) is 0 Å². The first kappa shape index (κ1) is 15.7. The molecule has 2 rings (SSSR count). The van der Waals surface area contributed by atoms with Crippen molar-refractivity contribution < 1.29 is 4.79 Å². The Bertz CT molecular complexity index is 601. The molecule has 1 amide bonds. The molecule has 0 bridgehead atoms. The van der Waals surface area contributed by atoms with E-state index in [4.69, 9.17) is 0 Å². The maximum absolute atomic E-state index is 12.2. The molecular formula is C16H18BrN3O. The Hall–Kier alpha value is -1.72. The van der Waals surface area contributed by atoms with Gasteiger partial charge in [0.15, 0.2) is 0 Å². The number of pyridine rings is 1. The first-order valence-corrected chi connectivity index (χ1v) is 7.49. The van der Waals surface area contributed by atoms with E-state index in [0.717, 1.165) is 0 Å². The minimum absolute atomic E-state index is 0.123. The van der Waals surface area contributed by atoms with Crippen molar-refractivity contribution in [3.8, 4) is 0 Å². The molecular weight excluding hydrogens is 330 g/mol. The number of nitrogens with zero attached hydrogens (tertiary/aromatic N) is 2. The third-order valence-corrected chi connectivity index (χ3v) is 3.88. The molecule has 0 saturated heterocycles. The highest BCUT2D eigenvalue weighted by molar-refractivity contribution is 9.10. The number of halogens is 1. The zero-order valence-corrected chi connectivity index (χ0v) is 13.7. The highest BCUT2D eigenvalue weighted by Crippen LogP contribution is 2.17. The third kappa shape index (κ3) is 4.12. The van der Waals surface area contributed by atoms with E-state index in [2.05, 4.69) is 43.3 Å². The van der Waals surface area contributed by atoms with Gasteiger partial charge in [-0.1, -0.05) is 30.3 Å². The zero-order valence-electron chi connectivity index (χ0n) is 12.1. The number of likely N-dealkylation sites (N-methyl/N-ethyl adjacent to an activating group) is 1. The van der Waals surface area contributed by atoms with Gasteiger partial charge in [0.2, 0.25) is 0 Å². The van der Waals surface area contributed by atoms with Crippen LogP contribution in [0.1, 0.15) is 22.1 Å². The van der Waals surface area contributed by atoms with Crippen molar-refractivity contribution >= 4 is 21.8 Å². The Labute approximate surface area is 133 Å². The van der Waals surface area contributed by atoms with E-state index in [-0.39, 0.29) is 11.9 Å². The standard InChI is InChI=1S/C16H18BrN3O/c1-20(2)14(12-7-4-3-5-8-12)11-19-16(21)15-13(17)9-6-10-18-15/h3-10,14H,11H2,1-2H3,(H,19,21). The molecule has 0 spiro atoms. The zero-order chi connectivity index (χ0) is 15.2. The van der Waals surface area contributed by atoms with E-state index in [1.807, 2.05) is 38.4 Å². The summed E-state index contributed by atoms with van der Waals surface area (Å²) in [7, 11) is 4.00. The Kier molecular flexibility index (Phi) is 5.47. The predicted octanol–water partition coefficient (Wildman–Crippen LogP) is 2.88. The van der Waals surface area contributed by atoms with E-state index < -0.39 is 0 Å². The van der Waals surface area contributed by atoms with Crippen molar-refractivity contribution in [1.29, 1.82) is 0 Å². The third-order valence-electron chi connectivity index (χ3n) is 3.24. The van der Waals surface area contributed by atoms with Crippen LogP contribution in [0.2, 0.25) is 0 Å². The fraction of sp³-hybridized carbons (Fsp3) is 0.250. The second-order valence-electron chi connectivity index (χ2n) is 4.93. The van der Waals surface area contributed by atoms with Crippen molar-refractivity contribution in [2.24, 2.45) is 0 Å². The van der Waals surface area contributed by atoms with Gasteiger partial charge in [0.05, 0.1) is 6.04 Å². The number of rotatable bonds is 5. The number of carbonyl (C=O) groups excluding carboxylic acids is 1. The highest BCUT2D eigenvalue weighted by atomic mass is 79.9. The Morgan fingerprint density at radius 2 is 1.95 bits per heavy atom. The summed E-state index contributed by atoms with van der Waals surface area (Å²) in [6.45, 7) is 0.527. The second-order valence-corrected chi connectivity index (χ2v) is 5.79. The second kappa shape index (κ2) is 7.33. The summed E-state index contributed by atoms with van der Waals surface area (Å²) in [5.41, 5.74) is 1.57. The van der Waals surface area contributed by atoms with Crippen LogP contribution in [-0.4, -0.2) is 36.4 Å². The fourth-order valence-electron chi connectivity index (χ4n) is 2.10. The topological polar surface area (TPSA) is 45.2 Å². The van der Waals surface area contributed by atoms with Crippen molar-refractivity contribution in [2.45, 2.75) is 6.04 Å². The molecule has 1 atom stereocenters. The molecule has 1 N–H and O–H groups in total. The molecule has 110 valence electrons. The molecule has 1 heterocycles.